The molecule has 100 valence electrons. The molecular formula is C12H25N3OS. The second-order valence-corrected chi connectivity index (χ2v) is 7.05. The van der Waals surface area contributed by atoms with Gasteiger partial charge in [0.25, 0.3) is 0 Å². The third kappa shape index (κ3) is 6.00. The Labute approximate surface area is 108 Å². The van der Waals surface area contributed by atoms with Gasteiger partial charge in [-0.15, -0.1) is 4.72 Å². The van der Waals surface area contributed by atoms with Crippen LogP contribution >= 0.6 is 0 Å². The number of rotatable bonds is 6. The predicted octanol–water partition coefficient (Wildman–Crippen LogP) is 1.56. The van der Waals surface area contributed by atoms with Crippen molar-refractivity contribution in [2.75, 3.05) is 14.1 Å². The van der Waals surface area contributed by atoms with Gasteiger partial charge in [-0.3, -0.25) is 0 Å². The van der Waals surface area contributed by atoms with E-state index in [0.717, 1.165) is 5.70 Å². The van der Waals surface area contributed by atoms with Gasteiger partial charge in [-0.2, -0.15) is 0 Å². The van der Waals surface area contributed by atoms with Crippen LogP contribution in [0.25, 0.3) is 0 Å². The number of hydrogen-bond acceptors (Lipinski definition) is 4. The first-order valence-electron chi connectivity index (χ1n) is 5.62. The summed E-state index contributed by atoms with van der Waals surface area (Å²) in [6.07, 6.45) is 3.46. The summed E-state index contributed by atoms with van der Waals surface area (Å²) in [7, 11) is 3.91. The van der Waals surface area contributed by atoms with Crippen LogP contribution in [0.4, 0.5) is 0 Å². The maximum Gasteiger partial charge on any atom is 0.136 e. The molecule has 0 aromatic carbocycles. The zero-order valence-corrected chi connectivity index (χ0v) is 12.5. The zero-order valence-electron chi connectivity index (χ0n) is 11.7. The Hall–Kier alpha value is -0.650. The normalized spacial score (nSPS) is 16.3. The average Bonchev–Trinajstić information content (AvgIpc) is 2.16. The minimum Gasteiger partial charge on any atom is -0.598 e. The molecule has 0 aliphatic rings. The number of nitrogens with zero attached hydrogens (tertiary/aromatic N) is 1. The van der Waals surface area contributed by atoms with Gasteiger partial charge in [0, 0.05) is 31.7 Å². The standard InChI is InChI=1S/C12H25N3OS/c1-8-13-9-11(15(6)7)10(2)14-17(16)12(3,4)5/h8-10,13-14H,1H2,2-7H3/b11-9-/t10-,17?/m1/s1. The Morgan fingerprint density at radius 1 is 1.41 bits per heavy atom. The quantitative estimate of drug-likeness (QED) is 0.711. The van der Waals surface area contributed by atoms with Crippen molar-refractivity contribution in [3.8, 4) is 0 Å². The summed E-state index contributed by atoms with van der Waals surface area (Å²) in [5.41, 5.74) is 1.02. The molecule has 4 nitrogen and oxygen atoms in total. The van der Waals surface area contributed by atoms with E-state index in [2.05, 4.69) is 16.6 Å². The van der Waals surface area contributed by atoms with Crippen molar-refractivity contribution < 1.29 is 4.55 Å². The van der Waals surface area contributed by atoms with Crippen molar-refractivity contribution in [3.63, 3.8) is 0 Å². The third-order valence-corrected chi connectivity index (χ3v) is 3.83. The van der Waals surface area contributed by atoms with Gasteiger partial charge < -0.3 is 14.8 Å². The largest absolute Gasteiger partial charge is 0.598 e. The van der Waals surface area contributed by atoms with Gasteiger partial charge >= 0.3 is 0 Å². The minimum atomic E-state index is -1.08. The van der Waals surface area contributed by atoms with Gasteiger partial charge in [-0.1, -0.05) is 6.58 Å². The summed E-state index contributed by atoms with van der Waals surface area (Å²) >= 11 is -1.08. The van der Waals surface area contributed by atoms with Gasteiger partial charge in [-0.05, 0) is 33.9 Å². The molecule has 0 bridgehead atoms. The zero-order chi connectivity index (χ0) is 13.6. The minimum absolute atomic E-state index is 0.00231. The molecule has 1 unspecified atom stereocenters. The lowest BCUT2D eigenvalue weighted by Gasteiger charge is -2.29. The summed E-state index contributed by atoms with van der Waals surface area (Å²) in [6.45, 7) is 11.4. The Kier molecular flexibility index (Phi) is 6.67. The van der Waals surface area contributed by atoms with Crippen LogP contribution in [0.2, 0.25) is 0 Å². The first-order valence-corrected chi connectivity index (χ1v) is 6.77. The molecule has 0 amide bonds. The highest BCUT2D eigenvalue weighted by Crippen LogP contribution is 2.15. The Morgan fingerprint density at radius 3 is 2.29 bits per heavy atom. The van der Waals surface area contributed by atoms with Crippen LogP contribution in [0.3, 0.4) is 0 Å². The first kappa shape index (κ1) is 16.4. The van der Waals surface area contributed by atoms with Gasteiger partial charge in [0.15, 0.2) is 0 Å². The Morgan fingerprint density at radius 2 is 1.94 bits per heavy atom. The second-order valence-electron chi connectivity index (χ2n) is 5.06. The highest BCUT2D eigenvalue weighted by Gasteiger charge is 2.29. The fourth-order valence-corrected chi connectivity index (χ4v) is 1.98. The van der Waals surface area contributed by atoms with Crippen LogP contribution < -0.4 is 10.0 Å². The van der Waals surface area contributed by atoms with E-state index in [0.29, 0.717) is 0 Å². The predicted molar refractivity (Wildman–Crippen MR) is 75.6 cm³/mol. The molecule has 0 aromatic rings. The first-order chi connectivity index (χ1) is 7.70. The molecule has 0 aliphatic heterocycles. The smallest absolute Gasteiger partial charge is 0.136 e. The lowest BCUT2D eigenvalue weighted by atomic mass is 10.2. The fourth-order valence-electron chi connectivity index (χ4n) is 1.18. The fraction of sp³-hybridized carbons (Fsp3) is 0.667. The third-order valence-electron chi connectivity index (χ3n) is 2.15. The van der Waals surface area contributed by atoms with E-state index >= 15 is 0 Å². The van der Waals surface area contributed by atoms with Crippen molar-refractivity contribution in [3.05, 3.63) is 24.7 Å². The van der Waals surface area contributed by atoms with Crippen molar-refractivity contribution in [1.29, 1.82) is 0 Å². The van der Waals surface area contributed by atoms with Crippen molar-refractivity contribution in [2.45, 2.75) is 38.5 Å². The van der Waals surface area contributed by atoms with Crippen LogP contribution in [0.1, 0.15) is 27.7 Å². The molecule has 0 spiro atoms. The van der Waals surface area contributed by atoms with Gasteiger partial charge in [-0.25, -0.2) is 0 Å². The number of likely N-dealkylation sites (N-methyl/N-ethyl adjacent to an activating group) is 1. The molecule has 0 aromatic heterocycles. The van der Waals surface area contributed by atoms with Crippen LogP contribution in [0, 0.1) is 0 Å². The van der Waals surface area contributed by atoms with Crippen molar-refractivity contribution >= 4 is 11.4 Å². The molecular weight excluding hydrogens is 234 g/mol. The molecule has 2 N–H and O–H groups in total. The van der Waals surface area contributed by atoms with Crippen LogP contribution in [0.15, 0.2) is 24.7 Å². The molecule has 0 saturated carbocycles. The van der Waals surface area contributed by atoms with Crippen molar-refractivity contribution in [1.82, 2.24) is 14.9 Å². The monoisotopic (exact) mass is 259 g/mol. The molecule has 0 saturated heterocycles. The maximum atomic E-state index is 12.0. The van der Waals surface area contributed by atoms with Gasteiger partial charge in [0.1, 0.15) is 4.75 Å². The van der Waals surface area contributed by atoms with E-state index in [1.165, 1.54) is 0 Å². The van der Waals surface area contributed by atoms with E-state index in [-0.39, 0.29) is 10.8 Å². The van der Waals surface area contributed by atoms with Crippen LogP contribution in [-0.4, -0.2) is 34.3 Å². The van der Waals surface area contributed by atoms with Crippen molar-refractivity contribution in [2.24, 2.45) is 0 Å². The van der Waals surface area contributed by atoms with E-state index < -0.39 is 11.4 Å². The Balaban J connectivity index is 4.64. The summed E-state index contributed by atoms with van der Waals surface area (Å²) in [5, 5.41) is 2.94. The molecule has 0 aliphatic carbocycles. The summed E-state index contributed by atoms with van der Waals surface area (Å²) in [4.78, 5) is 1.98. The summed E-state index contributed by atoms with van der Waals surface area (Å²) in [5.74, 6) is 0. The molecule has 5 heteroatoms. The molecule has 2 atom stereocenters. The number of nitrogens with one attached hydrogen (secondary N) is 2. The summed E-state index contributed by atoms with van der Waals surface area (Å²) < 4.78 is 14.8. The lowest BCUT2D eigenvalue weighted by molar-refractivity contribution is 0.448. The SMILES string of the molecule is C=CN/C=C(/[C@@H](C)N[S+]([O-])C(C)(C)C)N(C)C. The van der Waals surface area contributed by atoms with E-state index in [1.807, 2.05) is 52.9 Å². The summed E-state index contributed by atoms with van der Waals surface area (Å²) in [6, 6.07) is -0.00231. The van der Waals surface area contributed by atoms with E-state index in [1.54, 1.807) is 6.20 Å². The topological polar surface area (TPSA) is 50.4 Å². The second kappa shape index (κ2) is 6.93. The average molecular weight is 259 g/mol. The highest BCUT2D eigenvalue weighted by molar-refractivity contribution is 7.90. The lowest BCUT2D eigenvalue weighted by Crippen LogP contribution is -2.46. The van der Waals surface area contributed by atoms with Gasteiger partial charge in [0.05, 0.1) is 11.7 Å². The molecule has 0 radical (unpaired) electrons. The van der Waals surface area contributed by atoms with Crippen LogP contribution in [-0.2, 0) is 11.4 Å². The number of hydrogen-bond donors (Lipinski definition) is 2. The van der Waals surface area contributed by atoms with Gasteiger partial charge in [0.2, 0.25) is 0 Å². The molecule has 0 fully saturated rings. The van der Waals surface area contributed by atoms with E-state index in [4.69, 9.17) is 0 Å². The van der Waals surface area contributed by atoms with Crippen LogP contribution in [0.5, 0.6) is 0 Å². The Bertz CT molecular complexity index is 271. The molecule has 0 rings (SSSR count). The maximum absolute atomic E-state index is 12.0. The molecule has 17 heavy (non-hydrogen) atoms. The van der Waals surface area contributed by atoms with E-state index in [9.17, 15) is 4.55 Å². The molecule has 0 heterocycles. The highest BCUT2D eigenvalue weighted by atomic mass is 32.2.